The summed E-state index contributed by atoms with van der Waals surface area (Å²) in [4.78, 5) is 18.3. The van der Waals surface area contributed by atoms with E-state index in [0.717, 1.165) is 11.3 Å². The predicted octanol–water partition coefficient (Wildman–Crippen LogP) is -0.802. The number of sulfonamides is 1. The lowest BCUT2D eigenvalue weighted by molar-refractivity contribution is 0.0993. The minimum atomic E-state index is -3.89. The Morgan fingerprint density at radius 3 is 2.83 bits per heavy atom. The van der Waals surface area contributed by atoms with Crippen LogP contribution < -0.4 is 9.94 Å². The van der Waals surface area contributed by atoms with Crippen molar-refractivity contribution in [1.82, 2.24) is 14.8 Å². The predicted molar refractivity (Wildman–Crippen MR) is 63.1 cm³/mol. The minimum absolute atomic E-state index is 0.152. The largest absolute Gasteiger partial charge is 0.357 e. The number of hydrogen-bond donors (Lipinski definition) is 2. The SMILES string of the molecule is Cn1nc(S(N)(=O)=O)sc1=NC(=O)c1ccc[nH]1. The van der Waals surface area contributed by atoms with Gasteiger partial charge in [-0.15, -0.1) is 5.10 Å². The highest BCUT2D eigenvalue weighted by molar-refractivity contribution is 7.91. The van der Waals surface area contributed by atoms with Crippen molar-refractivity contribution in [1.29, 1.82) is 0 Å². The normalized spacial score (nSPS) is 12.9. The lowest BCUT2D eigenvalue weighted by Gasteiger charge is -1.88. The van der Waals surface area contributed by atoms with Gasteiger partial charge in [-0.3, -0.25) is 4.79 Å². The van der Waals surface area contributed by atoms with Crippen molar-refractivity contribution in [3.8, 4) is 0 Å². The molecule has 0 unspecified atom stereocenters. The van der Waals surface area contributed by atoms with E-state index in [4.69, 9.17) is 5.14 Å². The topological polar surface area (TPSA) is 123 Å². The van der Waals surface area contributed by atoms with Crippen LogP contribution in [0.5, 0.6) is 0 Å². The van der Waals surface area contributed by atoms with Gasteiger partial charge in [-0.05, 0) is 12.1 Å². The average Bonchev–Trinajstić information content (AvgIpc) is 2.87. The first kappa shape index (κ1) is 12.7. The van der Waals surface area contributed by atoms with Gasteiger partial charge in [0.05, 0.1) is 0 Å². The monoisotopic (exact) mass is 287 g/mol. The van der Waals surface area contributed by atoms with Crippen molar-refractivity contribution in [3.05, 3.63) is 28.8 Å². The molecule has 2 aromatic heterocycles. The maximum atomic E-state index is 11.7. The highest BCUT2D eigenvalue weighted by Crippen LogP contribution is 2.05. The Kier molecular flexibility index (Phi) is 3.15. The molecule has 0 atom stereocenters. The summed E-state index contributed by atoms with van der Waals surface area (Å²) in [7, 11) is -2.41. The molecule has 2 rings (SSSR count). The van der Waals surface area contributed by atoms with Gasteiger partial charge in [0.2, 0.25) is 9.14 Å². The molecule has 0 aliphatic carbocycles. The van der Waals surface area contributed by atoms with Crippen LogP contribution in [-0.4, -0.2) is 29.1 Å². The summed E-state index contributed by atoms with van der Waals surface area (Å²) in [6.07, 6.45) is 1.59. The standard InChI is InChI=1S/C8H9N5O3S2/c1-13-7(17-8(12-13)18(9,15)16)11-6(14)5-3-2-4-10-5/h2-4,10H,1H3,(H2,9,15,16). The Morgan fingerprint density at radius 1 is 1.61 bits per heavy atom. The Balaban J connectivity index is 2.46. The van der Waals surface area contributed by atoms with Crippen LogP contribution in [0.25, 0.3) is 0 Å². The van der Waals surface area contributed by atoms with E-state index in [0.29, 0.717) is 5.69 Å². The molecule has 8 nitrogen and oxygen atoms in total. The molecule has 10 heteroatoms. The van der Waals surface area contributed by atoms with Crippen LogP contribution in [0.3, 0.4) is 0 Å². The van der Waals surface area contributed by atoms with E-state index in [1.54, 1.807) is 18.3 Å². The van der Waals surface area contributed by atoms with Crippen molar-refractivity contribution in [2.24, 2.45) is 17.2 Å². The summed E-state index contributed by atoms with van der Waals surface area (Å²) in [6.45, 7) is 0. The number of primary sulfonamides is 1. The van der Waals surface area contributed by atoms with Crippen molar-refractivity contribution in [3.63, 3.8) is 0 Å². The molecule has 0 bridgehead atoms. The molecular formula is C8H9N5O3S2. The lowest BCUT2D eigenvalue weighted by Crippen LogP contribution is -2.15. The Hall–Kier alpha value is -1.78. The van der Waals surface area contributed by atoms with E-state index >= 15 is 0 Å². The van der Waals surface area contributed by atoms with Gasteiger partial charge < -0.3 is 4.98 Å². The number of aromatic amines is 1. The average molecular weight is 287 g/mol. The van der Waals surface area contributed by atoms with Gasteiger partial charge in [-0.1, -0.05) is 11.3 Å². The van der Waals surface area contributed by atoms with Crippen LogP contribution in [0, 0.1) is 0 Å². The van der Waals surface area contributed by atoms with Crippen LogP contribution >= 0.6 is 11.3 Å². The Bertz CT molecular complexity index is 738. The molecule has 0 aromatic carbocycles. The number of rotatable bonds is 2. The van der Waals surface area contributed by atoms with Gasteiger partial charge in [-0.2, -0.15) is 4.99 Å². The second-order valence-electron chi connectivity index (χ2n) is 3.32. The number of aryl methyl sites for hydroxylation is 1. The molecule has 0 aliphatic rings. The van der Waals surface area contributed by atoms with E-state index in [1.807, 2.05) is 0 Å². The summed E-state index contributed by atoms with van der Waals surface area (Å²) in [6, 6.07) is 3.22. The van der Waals surface area contributed by atoms with Crippen molar-refractivity contribution in [2.45, 2.75) is 4.34 Å². The number of nitrogens with one attached hydrogen (secondary N) is 1. The van der Waals surface area contributed by atoms with Crippen molar-refractivity contribution < 1.29 is 13.2 Å². The van der Waals surface area contributed by atoms with Gasteiger partial charge in [-0.25, -0.2) is 18.2 Å². The zero-order chi connectivity index (χ0) is 13.3. The van der Waals surface area contributed by atoms with E-state index in [-0.39, 0.29) is 9.14 Å². The number of aromatic nitrogens is 3. The first-order valence-electron chi connectivity index (χ1n) is 4.67. The molecule has 96 valence electrons. The zero-order valence-electron chi connectivity index (χ0n) is 9.19. The first-order valence-corrected chi connectivity index (χ1v) is 7.03. The number of hydrogen-bond acceptors (Lipinski definition) is 5. The number of carbonyl (C=O) groups excluding carboxylic acids is 1. The van der Waals surface area contributed by atoms with E-state index in [1.165, 1.54) is 11.7 Å². The second-order valence-corrected chi connectivity index (χ2v) is 6.01. The van der Waals surface area contributed by atoms with Crippen LogP contribution in [0.2, 0.25) is 0 Å². The molecule has 2 heterocycles. The second kappa shape index (κ2) is 4.48. The highest BCUT2D eigenvalue weighted by atomic mass is 32.2. The van der Waals surface area contributed by atoms with Gasteiger partial charge in [0, 0.05) is 13.2 Å². The van der Waals surface area contributed by atoms with Crippen molar-refractivity contribution >= 4 is 27.3 Å². The zero-order valence-corrected chi connectivity index (χ0v) is 10.8. The Morgan fingerprint density at radius 2 is 2.33 bits per heavy atom. The molecule has 2 aromatic rings. The maximum Gasteiger partial charge on any atom is 0.296 e. The molecule has 0 spiro atoms. The molecule has 0 saturated heterocycles. The van der Waals surface area contributed by atoms with Gasteiger partial charge >= 0.3 is 0 Å². The fourth-order valence-electron chi connectivity index (χ4n) is 1.15. The summed E-state index contributed by atoms with van der Waals surface area (Å²) < 4.78 is 23.1. The van der Waals surface area contributed by atoms with Gasteiger partial charge in [0.1, 0.15) is 5.69 Å². The van der Waals surface area contributed by atoms with Gasteiger partial charge in [0.25, 0.3) is 15.9 Å². The van der Waals surface area contributed by atoms with E-state index in [9.17, 15) is 13.2 Å². The summed E-state index contributed by atoms with van der Waals surface area (Å²) in [5.41, 5.74) is 0.306. The van der Waals surface area contributed by atoms with Gasteiger partial charge in [0.15, 0.2) is 0 Å². The molecular weight excluding hydrogens is 278 g/mol. The minimum Gasteiger partial charge on any atom is -0.357 e. The molecule has 3 N–H and O–H groups in total. The summed E-state index contributed by atoms with van der Waals surface area (Å²) in [5.74, 6) is -0.514. The number of H-pyrrole nitrogens is 1. The third-order valence-electron chi connectivity index (χ3n) is 1.96. The van der Waals surface area contributed by atoms with Crippen LogP contribution in [0.15, 0.2) is 27.7 Å². The third-order valence-corrected chi connectivity index (χ3v) is 4.27. The number of amides is 1. The molecule has 0 radical (unpaired) electrons. The molecule has 0 fully saturated rings. The van der Waals surface area contributed by atoms with E-state index in [2.05, 4.69) is 15.1 Å². The smallest absolute Gasteiger partial charge is 0.296 e. The summed E-state index contributed by atoms with van der Waals surface area (Å²) in [5, 5.41) is 8.62. The van der Waals surface area contributed by atoms with E-state index < -0.39 is 15.9 Å². The van der Waals surface area contributed by atoms with Crippen LogP contribution in [0.1, 0.15) is 10.5 Å². The molecule has 0 aliphatic heterocycles. The molecule has 1 amide bonds. The molecule has 18 heavy (non-hydrogen) atoms. The third kappa shape index (κ3) is 2.55. The van der Waals surface area contributed by atoms with Crippen LogP contribution in [0.4, 0.5) is 0 Å². The Labute approximate surface area is 106 Å². The highest BCUT2D eigenvalue weighted by Gasteiger charge is 2.15. The maximum absolute atomic E-state index is 11.7. The van der Waals surface area contributed by atoms with Crippen molar-refractivity contribution in [2.75, 3.05) is 0 Å². The molecule has 0 saturated carbocycles. The lowest BCUT2D eigenvalue weighted by atomic mass is 10.4. The summed E-state index contributed by atoms with van der Waals surface area (Å²) >= 11 is 0.730. The quantitative estimate of drug-likeness (QED) is 0.750. The number of carbonyl (C=O) groups is 1. The number of nitrogens with two attached hydrogens (primary N) is 1. The van der Waals surface area contributed by atoms with Crippen LogP contribution in [-0.2, 0) is 17.1 Å². The fourth-order valence-corrected chi connectivity index (χ4v) is 2.70. The fraction of sp³-hybridized carbons (Fsp3) is 0.125. The first-order chi connectivity index (χ1) is 8.38. The number of nitrogens with zero attached hydrogens (tertiary/aromatic N) is 3.